The topological polar surface area (TPSA) is 122 Å². The Morgan fingerprint density at radius 1 is 1.39 bits per heavy atom. The molecule has 1 aromatic rings. The summed E-state index contributed by atoms with van der Waals surface area (Å²) in [6, 6.07) is 3.50. The van der Waals surface area contributed by atoms with Crippen molar-refractivity contribution >= 4 is 27.6 Å². The first-order valence-corrected chi connectivity index (χ1v) is 6.62. The predicted molar refractivity (Wildman–Crippen MR) is 68.6 cm³/mol. The van der Waals surface area contributed by atoms with E-state index in [1.807, 2.05) is 0 Å². The van der Waals surface area contributed by atoms with Crippen molar-refractivity contribution in [3.05, 3.63) is 23.8 Å². The fourth-order valence-corrected chi connectivity index (χ4v) is 2.43. The van der Waals surface area contributed by atoms with Gasteiger partial charge in [0.05, 0.1) is 16.9 Å². The van der Waals surface area contributed by atoms with Crippen molar-refractivity contribution in [3.8, 4) is 0 Å². The highest BCUT2D eigenvalue weighted by molar-refractivity contribution is 7.90. The maximum Gasteiger partial charge on any atom is 0.335 e. The molecule has 0 spiro atoms. The second-order valence-corrected chi connectivity index (χ2v) is 5.43. The molecule has 0 aromatic heterocycles. The first-order chi connectivity index (χ1) is 8.21. The third-order valence-electron chi connectivity index (χ3n) is 1.93. The number of rotatable bonds is 5. The molecule has 0 radical (unpaired) electrons. The SMILES string of the molecule is CC(C)NS(=O)(=O)Nc1ccc(C(=O)O)cc1N. The quantitative estimate of drug-likeness (QED) is 0.586. The second kappa shape index (κ2) is 5.23. The van der Waals surface area contributed by atoms with Gasteiger partial charge in [0.2, 0.25) is 0 Å². The van der Waals surface area contributed by atoms with Crippen LogP contribution in [0.3, 0.4) is 0 Å². The third-order valence-corrected chi connectivity index (χ3v) is 3.20. The second-order valence-electron chi connectivity index (χ2n) is 3.99. The van der Waals surface area contributed by atoms with Gasteiger partial charge in [0.15, 0.2) is 0 Å². The number of hydrogen-bond donors (Lipinski definition) is 4. The van der Waals surface area contributed by atoms with E-state index in [1.54, 1.807) is 13.8 Å². The molecular weight excluding hydrogens is 258 g/mol. The summed E-state index contributed by atoms with van der Waals surface area (Å²) < 4.78 is 27.7. The Labute approximate surface area is 105 Å². The lowest BCUT2D eigenvalue weighted by molar-refractivity contribution is 0.0697. The maximum atomic E-state index is 11.6. The van der Waals surface area contributed by atoms with Crippen molar-refractivity contribution in [3.63, 3.8) is 0 Å². The van der Waals surface area contributed by atoms with Crippen LogP contribution in [0.25, 0.3) is 0 Å². The van der Waals surface area contributed by atoms with Crippen molar-refractivity contribution in [1.29, 1.82) is 0 Å². The van der Waals surface area contributed by atoms with Crippen LogP contribution < -0.4 is 15.2 Å². The summed E-state index contributed by atoms with van der Waals surface area (Å²) in [6.45, 7) is 3.35. The Hall–Kier alpha value is -1.80. The van der Waals surface area contributed by atoms with E-state index >= 15 is 0 Å². The smallest absolute Gasteiger partial charge is 0.335 e. The zero-order valence-electron chi connectivity index (χ0n) is 9.97. The molecule has 0 atom stereocenters. The van der Waals surface area contributed by atoms with Crippen LogP contribution in [0.1, 0.15) is 24.2 Å². The summed E-state index contributed by atoms with van der Waals surface area (Å²) in [5.41, 5.74) is 5.75. The van der Waals surface area contributed by atoms with Crippen molar-refractivity contribution in [2.24, 2.45) is 0 Å². The predicted octanol–water partition coefficient (Wildman–Crippen LogP) is 0.622. The molecule has 0 saturated carbocycles. The highest BCUT2D eigenvalue weighted by atomic mass is 32.2. The molecule has 1 aromatic carbocycles. The molecule has 0 fully saturated rings. The van der Waals surface area contributed by atoms with Crippen LogP contribution in [0, 0.1) is 0 Å². The molecule has 1 rings (SSSR count). The molecule has 0 unspecified atom stereocenters. The van der Waals surface area contributed by atoms with E-state index < -0.39 is 16.2 Å². The highest BCUT2D eigenvalue weighted by Crippen LogP contribution is 2.20. The van der Waals surface area contributed by atoms with Crippen molar-refractivity contribution in [1.82, 2.24) is 4.72 Å². The Bertz CT molecular complexity index is 554. The first-order valence-electron chi connectivity index (χ1n) is 5.14. The van der Waals surface area contributed by atoms with E-state index in [2.05, 4.69) is 9.44 Å². The Morgan fingerprint density at radius 3 is 2.44 bits per heavy atom. The van der Waals surface area contributed by atoms with Crippen molar-refractivity contribution in [2.45, 2.75) is 19.9 Å². The lowest BCUT2D eigenvalue weighted by atomic mass is 10.2. The molecule has 5 N–H and O–H groups in total. The molecule has 0 amide bonds. The number of hydrogen-bond acceptors (Lipinski definition) is 4. The van der Waals surface area contributed by atoms with Gasteiger partial charge in [-0.05, 0) is 32.0 Å². The molecule has 0 saturated heterocycles. The number of carbonyl (C=O) groups is 1. The van der Waals surface area contributed by atoms with Crippen LogP contribution in [0.5, 0.6) is 0 Å². The van der Waals surface area contributed by atoms with Gasteiger partial charge in [-0.1, -0.05) is 0 Å². The Balaban J connectivity index is 2.96. The van der Waals surface area contributed by atoms with Gasteiger partial charge in [0.25, 0.3) is 10.2 Å². The summed E-state index contributed by atoms with van der Waals surface area (Å²) in [7, 11) is -3.72. The number of nitrogen functional groups attached to an aromatic ring is 1. The van der Waals surface area contributed by atoms with E-state index in [-0.39, 0.29) is 23.0 Å². The molecule has 0 bridgehead atoms. The lowest BCUT2D eigenvalue weighted by Crippen LogP contribution is -2.35. The average Bonchev–Trinajstić information content (AvgIpc) is 2.18. The monoisotopic (exact) mass is 273 g/mol. The van der Waals surface area contributed by atoms with Gasteiger partial charge < -0.3 is 10.8 Å². The van der Waals surface area contributed by atoms with Gasteiger partial charge in [-0.3, -0.25) is 4.72 Å². The van der Waals surface area contributed by atoms with E-state index in [9.17, 15) is 13.2 Å². The van der Waals surface area contributed by atoms with E-state index in [4.69, 9.17) is 10.8 Å². The van der Waals surface area contributed by atoms with Crippen LogP contribution in [-0.4, -0.2) is 25.5 Å². The molecule has 8 heteroatoms. The number of carboxylic acids is 1. The third kappa shape index (κ3) is 3.90. The zero-order valence-corrected chi connectivity index (χ0v) is 10.8. The summed E-state index contributed by atoms with van der Waals surface area (Å²) in [5, 5.41) is 8.75. The summed E-state index contributed by atoms with van der Waals surface area (Å²) in [6.07, 6.45) is 0. The van der Waals surface area contributed by atoms with Gasteiger partial charge in [-0.2, -0.15) is 13.1 Å². The van der Waals surface area contributed by atoms with E-state index in [0.29, 0.717) is 0 Å². The highest BCUT2D eigenvalue weighted by Gasteiger charge is 2.14. The molecule has 18 heavy (non-hydrogen) atoms. The van der Waals surface area contributed by atoms with Crippen LogP contribution in [0.4, 0.5) is 11.4 Å². The van der Waals surface area contributed by atoms with Crippen LogP contribution >= 0.6 is 0 Å². The number of benzene rings is 1. The lowest BCUT2D eigenvalue weighted by Gasteiger charge is -2.13. The summed E-state index contributed by atoms with van der Waals surface area (Å²) in [4.78, 5) is 10.7. The Kier molecular flexibility index (Phi) is 4.15. The molecule has 0 aliphatic heterocycles. The van der Waals surface area contributed by atoms with Crippen molar-refractivity contribution < 1.29 is 18.3 Å². The number of anilines is 2. The molecule has 0 aliphatic rings. The van der Waals surface area contributed by atoms with Crippen molar-refractivity contribution in [2.75, 3.05) is 10.5 Å². The normalized spacial score (nSPS) is 11.5. The molecule has 7 nitrogen and oxygen atoms in total. The summed E-state index contributed by atoms with van der Waals surface area (Å²) >= 11 is 0. The Morgan fingerprint density at radius 2 is 2.00 bits per heavy atom. The van der Waals surface area contributed by atoms with Crippen LogP contribution in [0.15, 0.2) is 18.2 Å². The molecule has 0 aliphatic carbocycles. The van der Waals surface area contributed by atoms with E-state index in [0.717, 1.165) is 0 Å². The van der Waals surface area contributed by atoms with Gasteiger partial charge >= 0.3 is 5.97 Å². The minimum Gasteiger partial charge on any atom is -0.478 e. The minimum atomic E-state index is -3.72. The molecule has 100 valence electrons. The standard InChI is InChI=1S/C10H15N3O4S/c1-6(2)12-18(16,17)13-9-4-3-7(10(14)15)5-8(9)11/h3-6,12-13H,11H2,1-2H3,(H,14,15). The fourth-order valence-electron chi connectivity index (χ4n) is 1.27. The number of nitrogens with two attached hydrogens (primary N) is 1. The van der Waals surface area contributed by atoms with Gasteiger partial charge in [0, 0.05) is 6.04 Å². The van der Waals surface area contributed by atoms with Gasteiger partial charge in [-0.15, -0.1) is 0 Å². The largest absolute Gasteiger partial charge is 0.478 e. The van der Waals surface area contributed by atoms with Crippen LogP contribution in [0.2, 0.25) is 0 Å². The zero-order chi connectivity index (χ0) is 13.9. The molecular formula is C10H15N3O4S. The molecule has 0 heterocycles. The number of nitrogens with one attached hydrogen (secondary N) is 2. The van der Waals surface area contributed by atoms with E-state index in [1.165, 1.54) is 18.2 Å². The fraction of sp³-hybridized carbons (Fsp3) is 0.300. The maximum absolute atomic E-state index is 11.6. The first kappa shape index (κ1) is 14.3. The minimum absolute atomic E-state index is 0.00716. The number of aromatic carboxylic acids is 1. The number of carboxylic acid groups (broad SMARTS) is 1. The van der Waals surface area contributed by atoms with Crippen LogP contribution in [-0.2, 0) is 10.2 Å². The summed E-state index contributed by atoms with van der Waals surface area (Å²) in [5.74, 6) is -1.13. The van der Waals surface area contributed by atoms with Gasteiger partial charge in [0.1, 0.15) is 0 Å². The van der Waals surface area contributed by atoms with Gasteiger partial charge in [-0.25, -0.2) is 4.79 Å². The average molecular weight is 273 g/mol.